The average Bonchev–Trinajstić information content (AvgIpc) is 2.86. The maximum atomic E-state index is 8.97. The van der Waals surface area contributed by atoms with Crippen LogP contribution in [0.3, 0.4) is 0 Å². The molecule has 2 aromatic rings. The lowest BCUT2D eigenvalue weighted by molar-refractivity contribution is 0.789. The van der Waals surface area contributed by atoms with Gasteiger partial charge in [-0.2, -0.15) is 9.64 Å². The summed E-state index contributed by atoms with van der Waals surface area (Å²) < 4.78 is 6.02. The molecule has 0 atom stereocenters. The van der Waals surface area contributed by atoms with Gasteiger partial charge in [0.15, 0.2) is 0 Å². The summed E-state index contributed by atoms with van der Waals surface area (Å²) in [5.74, 6) is 0.914. The van der Waals surface area contributed by atoms with Gasteiger partial charge in [0, 0.05) is 20.0 Å². The van der Waals surface area contributed by atoms with Crippen LogP contribution in [0, 0.1) is 18.3 Å². The van der Waals surface area contributed by atoms with Crippen molar-refractivity contribution in [3.8, 4) is 6.07 Å². The second-order valence-electron chi connectivity index (χ2n) is 3.62. The molecule has 1 N–H and O–H groups in total. The highest BCUT2D eigenvalue weighted by molar-refractivity contribution is 7.10. The van der Waals surface area contributed by atoms with Crippen LogP contribution in [0.1, 0.15) is 17.1 Å². The summed E-state index contributed by atoms with van der Waals surface area (Å²) in [6, 6.07) is 2.15. The van der Waals surface area contributed by atoms with Crippen molar-refractivity contribution < 1.29 is 0 Å². The smallest absolute Gasteiger partial charge is 0.134 e. The lowest BCUT2D eigenvalue weighted by atomic mass is 10.3. The van der Waals surface area contributed by atoms with Crippen LogP contribution in [0.4, 0.5) is 5.00 Å². The van der Waals surface area contributed by atoms with Crippen LogP contribution in [0.2, 0.25) is 0 Å². The van der Waals surface area contributed by atoms with Crippen molar-refractivity contribution in [2.75, 3.05) is 11.9 Å². The Morgan fingerprint density at radius 1 is 1.59 bits per heavy atom. The fourth-order valence-corrected chi connectivity index (χ4v) is 2.21. The summed E-state index contributed by atoms with van der Waals surface area (Å²) in [5, 5.41) is 20.8. The van der Waals surface area contributed by atoms with Gasteiger partial charge in [-0.3, -0.25) is 0 Å². The van der Waals surface area contributed by atoms with E-state index in [2.05, 4.69) is 26.0 Å². The van der Waals surface area contributed by atoms with Gasteiger partial charge in [0.05, 0.1) is 5.69 Å². The van der Waals surface area contributed by atoms with Crippen molar-refractivity contribution in [3.63, 3.8) is 0 Å². The SMILES string of the molecule is Cc1nsc(NCCc2nncn2C)c1C#N. The molecule has 0 aliphatic carbocycles. The molecule has 0 aliphatic rings. The Balaban J connectivity index is 1.95. The summed E-state index contributed by atoms with van der Waals surface area (Å²) in [4.78, 5) is 0. The summed E-state index contributed by atoms with van der Waals surface area (Å²) in [5.41, 5.74) is 1.41. The molecule has 7 heteroatoms. The molecule has 0 bridgehead atoms. The highest BCUT2D eigenvalue weighted by Gasteiger charge is 2.09. The molecule has 2 heterocycles. The van der Waals surface area contributed by atoms with Crippen LogP contribution in [-0.2, 0) is 13.5 Å². The van der Waals surface area contributed by atoms with Gasteiger partial charge in [-0.1, -0.05) is 0 Å². The first-order valence-electron chi connectivity index (χ1n) is 5.15. The second kappa shape index (κ2) is 4.93. The molecule has 0 saturated carbocycles. The average molecular weight is 248 g/mol. The maximum Gasteiger partial charge on any atom is 0.134 e. The summed E-state index contributed by atoms with van der Waals surface area (Å²) in [6.45, 7) is 2.55. The Labute approximate surface area is 103 Å². The topological polar surface area (TPSA) is 79.4 Å². The lowest BCUT2D eigenvalue weighted by Crippen LogP contribution is -2.08. The first-order chi connectivity index (χ1) is 8.22. The minimum absolute atomic E-state index is 0.632. The number of hydrogen-bond donors (Lipinski definition) is 1. The van der Waals surface area contributed by atoms with E-state index < -0.39 is 0 Å². The maximum absolute atomic E-state index is 8.97. The third-order valence-corrected chi connectivity index (χ3v) is 3.31. The Bertz CT molecular complexity index is 549. The first kappa shape index (κ1) is 11.5. The molecule has 0 radical (unpaired) electrons. The summed E-state index contributed by atoms with van der Waals surface area (Å²) in [7, 11) is 1.91. The second-order valence-corrected chi connectivity index (χ2v) is 4.39. The monoisotopic (exact) mass is 248 g/mol. The highest BCUT2D eigenvalue weighted by Crippen LogP contribution is 2.22. The van der Waals surface area contributed by atoms with Crippen molar-refractivity contribution in [1.29, 1.82) is 5.26 Å². The largest absolute Gasteiger partial charge is 0.374 e. The number of aryl methyl sites for hydroxylation is 2. The Morgan fingerprint density at radius 3 is 3.06 bits per heavy atom. The Hall–Kier alpha value is -1.94. The molecular formula is C10H12N6S. The van der Waals surface area contributed by atoms with Gasteiger partial charge in [-0.25, -0.2) is 0 Å². The van der Waals surface area contributed by atoms with Crippen LogP contribution in [0.15, 0.2) is 6.33 Å². The van der Waals surface area contributed by atoms with Gasteiger partial charge in [0.1, 0.15) is 28.8 Å². The molecule has 0 unspecified atom stereocenters. The molecule has 2 aromatic heterocycles. The molecule has 6 nitrogen and oxygen atoms in total. The molecular weight excluding hydrogens is 236 g/mol. The van der Waals surface area contributed by atoms with E-state index in [9.17, 15) is 0 Å². The lowest BCUT2D eigenvalue weighted by Gasteiger charge is -2.03. The van der Waals surface area contributed by atoms with Gasteiger partial charge >= 0.3 is 0 Å². The van der Waals surface area contributed by atoms with Gasteiger partial charge in [0.25, 0.3) is 0 Å². The van der Waals surface area contributed by atoms with Crippen molar-refractivity contribution in [3.05, 3.63) is 23.4 Å². The summed E-state index contributed by atoms with van der Waals surface area (Å²) >= 11 is 1.32. The quantitative estimate of drug-likeness (QED) is 0.876. The number of aromatic nitrogens is 4. The van der Waals surface area contributed by atoms with Crippen LogP contribution < -0.4 is 5.32 Å². The van der Waals surface area contributed by atoms with Crippen LogP contribution in [0.25, 0.3) is 0 Å². The zero-order chi connectivity index (χ0) is 12.3. The molecule has 0 aliphatic heterocycles. The normalized spacial score (nSPS) is 10.2. The third-order valence-electron chi connectivity index (χ3n) is 2.41. The predicted octanol–water partition coefficient (Wildman–Crippen LogP) is 1.11. The van der Waals surface area contributed by atoms with E-state index in [0.29, 0.717) is 12.1 Å². The molecule has 0 aromatic carbocycles. The standard InChI is InChI=1S/C10H12N6S/c1-7-8(5-11)10(17-15-7)12-4-3-9-14-13-6-16(9)2/h6,12H,3-4H2,1-2H3. The molecule has 0 amide bonds. The highest BCUT2D eigenvalue weighted by atomic mass is 32.1. The number of rotatable bonds is 4. The number of nitrogens with zero attached hydrogens (tertiary/aromatic N) is 5. The molecule has 0 fully saturated rings. The Kier molecular flexibility index (Phi) is 3.35. The number of hydrogen-bond acceptors (Lipinski definition) is 6. The van der Waals surface area contributed by atoms with Gasteiger partial charge in [-0.15, -0.1) is 10.2 Å². The van der Waals surface area contributed by atoms with E-state index in [0.717, 1.165) is 22.9 Å². The number of nitriles is 1. The fraction of sp³-hybridized carbons (Fsp3) is 0.400. The fourth-order valence-electron chi connectivity index (χ4n) is 1.44. The third kappa shape index (κ3) is 2.42. The number of anilines is 1. The van der Waals surface area contributed by atoms with Crippen LogP contribution in [-0.4, -0.2) is 25.7 Å². The van der Waals surface area contributed by atoms with Crippen LogP contribution in [0.5, 0.6) is 0 Å². The van der Waals surface area contributed by atoms with E-state index in [1.54, 1.807) is 6.33 Å². The van der Waals surface area contributed by atoms with Crippen molar-refractivity contribution in [2.24, 2.45) is 7.05 Å². The zero-order valence-corrected chi connectivity index (χ0v) is 10.5. The van der Waals surface area contributed by atoms with Crippen molar-refractivity contribution >= 4 is 16.5 Å². The van der Waals surface area contributed by atoms with E-state index in [1.165, 1.54) is 11.5 Å². The van der Waals surface area contributed by atoms with Crippen LogP contribution >= 0.6 is 11.5 Å². The predicted molar refractivity (Wildman–Crippen MR) is 64.8 cm³/mol. The zero-order valence-electron chi connectivity index (χ0n) is 9.64. The molecule has 88 valence electrons. The van der Waals surface area contributed by atoms with Crippen molar-refractivity contribution in [1.82, 2.24) is 19.1 Å². The molecule has 0 spiro atoms. The first-order valence-corrected chi connectivity index (χ1v) is 5.93. The molecule has 17 heavy (non-hydrogen) atoms. The molecule has 0 saturated heterocycles. The Morgan fingerprint density at radius 2 is 2.41 bits per heavy atom. The van der Waals surface area contributed by atoms with Gasteiger partial charge in [-0.05, 0) is 18.5 Å². The molecule has 2 rings (SSSR count). The van der Waals surface area contributed by atoms with E-state index >= 15 is 0 Å². The summed E-state index contributed by atoms with van der Waals surface area (Å²) in [6.07, 6.45) is 2.44. The van der Waals surface area contributed by atoms with Gasteiger partial charge < -0.3 is 9.88 Å². The minimum Gasteiger partial charge on any atom is -0.374 e. The van der Waals surface area contributed by atoms with E-state index in [1.807, 2.05) is 18.5 Å². The number of nitrogens with one attached hydrogen (secondary N) is 1. The minimum atomic E-state index is 0.632. The van der Waals surface area contributed by atoms with E-state index in [4.69, 9.17) is 5.26 Å². The van der Waals surface area contributed by atoms with Crippen molar-refractivity contribution in [2.45, 2.75) is 13.3 Å². The van der Waals surface area contributed by atoms with Gasteiger partial charge in [0.2, 0.25) is 0 Å². The van der Waals surface area contributed by atoms with E-state index in [-0.39, 0.29) is 0 Å².